The van der Waals surface area contributed by atoms with Gasteiger partial charge in [0, 0.05) is 5.56 Å². The molecule has 20 heavy (non-hydrogen) atoms. The lowest BCUT2D eigenvalue weighted by Gasteiger charge is -2.14. The van der Waals surface area contributed by atoms with E-state index < -0.39 is 0 Å². The van der Waals surface area contributed by atoms with Gasteiger partial charge >= 0.3 is 0 Å². The van der Waals surface area contributed by atoms with Crippen LogP contribution in [0.15, 0.2) is 34.8 Å². The highest BCUT2D eigenvalue weighted by molar-refractivity contribution is 9.10. The normalized spacial score (nSPS) is 10.9. The number of benzene rings is 2. The molecule has 0 amide bonds. The van der Waals surface area contributed by atoms with E-state index in [9.17, 15) is 5.11 Å². The first-order valence-electron chi connectivity index (χ1n) is 6.66. The van der Waals surface area contributed by atoms with Crippen LogP contribution in [-0.4, -0.2) is 5.11 Å². The summed E-state index contributed by atoms with van der Waals surface area (Å²) in [5, 5.41) is 9.85. The van der Waals surface area contributed by atoms with Gasteiger partial charge in [0.25, 0.3) is 0 Å². The van der Waals surface area contributed by atoms with Gasteiger partial charge in [0.15, 0.2) is 0 Å². The molecule has 0 saturated heterocycles. The highest BCUT2D eigenvalue weighted by Gasteiger charge is 2.11. The number of aryl methyl sites for hydroxylation is 2. The van der Waals surface area contributed by atoms with Crippen LogP contribution in [0.2, 0.25) is 0 Å². The highest BCUT2D eigenvalue weighted by atomic mass is 79.9. The summed E-state index contributed by atoms with van der Waals surface area (Å²) >= 11 is 3.54. The van der Waals surface area contributed by atoms with E-state index in [1.165, 1.54) is 5.56 Å². The molecule has 106 valence electrons. The van der Waals surface area contributed by atoms with Gasteiger partial charge in [0.05, 0.1) is 4.47 Å². The van der Waals surface area contributed by atoms with Crippen LogP contribution in [0.3, 0.4) is 0 Å². The Balaban J connectivity index is 2.38. The summed E-state index contributed by atoms with van der Waals surface area (Å²) in [5.41, 5.74) is 3.16. The molecule has 0 aliphatic rings. The molecule has 0 spiro atoms. The molecule has 1 N–H and O–H groups in total. The van der Waals surface area contributed by atoms with Crippen molar-refractivity contribution in [1.29, 1.82) is 0 Å². The first kappa shape index (κ1) is 14.9. The van der Waals surface area contributed by atoms with E-state index in [1.54, 1.807) is 12.1 Å². The number of hydrogen-bond acceptors (Lipinski definition) is 2. The topological polar surface area (TPSA) is 29.5 Å². The Hall–Kier alpha value is -1.48. The number of ether oxygens (including phenoxy) is 1. The van der Waals surface area contributed by atoms with Gasteiger partial charge < -0.3 is 9.84 Å². The largest absolute Gasteiger partial charge is 0.508 e. The molecule has 0 saturated carbocycles. The third-order valence-corrected chi connectivity index (χ3v) is 3.80. The molecular formula is C17H19BrO2. The summed E-state index contributed by atoms with van der Waals surface area (Å²) in [4.78, 5) is 0. The van der Waals surface area contributed by atoms with Crippen molar-refractivity contribution in [2.45, 2.75) is 33.6 Å². The van der Waals surface area contributed by atoms with E-state index in [1.807, 2.05) is 32.9 Å². The summed E-state index contributed by atoms with van der Waals surface area (Å²) in [6.45, 7) is 8.17. The third-order valence-electron chi connectivity index (χ3n) is 3.21. The van der Waals surface area contributed by atoms with Gasteiger partial charge in [0.1, 0.15) is 17.2 Å². The Morgan fingerprint density at radius 2 is 1.80 bits per heavy atom. The fourth-order valence-electron chi connectivity index (χ4n) is 2.21. The van der Waals surface area contributed by atoms with Crippen LogP contribution in [0.25, 0.3) is 0 Å². The van der Waals surface area contributed by atoms with Gasteiger partial charge in [-0.2, -0.15) is 0 Å². The van der Waals surface area contributed by atoms with Crippen molar-refractivity contribution >= 4 is 15.9 Å². The molecule has 3 heteroatoms. The minimum atomic E-state index is 0.251. The molecule has 0 radical (unpaired) electrons. The number of hydrogen-bond donors (Lipinski definition) is 1. The summed E-state index contributed by atoms with van der Waals surface area (Å²) in [7, 11) is 0. The van der Waals surface area contributed by atoms with Crippen LogP contribution in [0.1, 0.15) is 36.5 Å². The van der Waals surface area contributed by atoms with E-state index in [-0.39, 0.29) is 5.92 Å². The number of phenolic OH excluding ortho intramolecular Hbond substituents is 1. The smallest absolute Gasteiger partial charge is 0.144 e. The molecule has 2 aromatic rings. The summed E-state index contributed by atoms with van der Waals surface area (Å²) < 4.78 is 6.92. The summed E-state index contributed by atoms with van der Waals surface area (Å²) in [6.07, 6.45) is 0. The van der Waals surface area contributed by atoms with E-state index in [0.717, 1.165) is 27.1 Å². The molecule has 2 aromatic carbocycles. The molecule has 2 nitrogen and oxygen atoms in total. The van der Waals surface area contributed by atoms with Gasteiger partial charge in [0.2, 0.25) is 0 Å². The van der Waals surface area contributed by atoms with Crippen molar-refractivity contribution < 1.29 is 9.84 Å². The fourth-order valence-corrected chi connectivity index (χ4v) is 2.96. The zero-order valence-electron chi connectivity index (χ0n) is 12.2. The minimum absolute atomic E-state index is 0.251. The van der Waals surface area contributed by atoms with Crippen LogP contribution in [0.4, 0.5) is 0 Å². The maximum absolute atomic E-state index is 9.85. The maximum Gasteiger partial charge on any atom is 0.144 e. The Morgan fingerprint density at radius 1 is 1.10 bits per heavy atom. The molecule has 0 fully saturated rings. The molecule has 0 aromatic heterocycles. The summed E-state index contributed by atoms with van der Waals surface area (Å²) in [5.74, 6) is 2.11. The fraction of sp³-hybridized carbons (Fsp3) is 0.294. The van der Waals surface area contributed by atoms with Crippen LogP contribution < -0.4 is 4.74 Å². The monoisotopic (exact) mass is 334 g/mol. The number of aromatic hydroxyl groups is 1. The lowest BCUT2D eigenvalue weighted by molar-refractivity contribution is 0.452. The molecule has 0 bridgehead atoms. The van der Waals surface area contributed by atoms with Gasteiger partial charge in [-0.05, 0) is 71.1 Å². The van der Waals surface area contributed by atoms with E-state index in [2.05, 4.69) is 28.9 Å². The van der Waals surface area contributed by atoms with Crippen molar-refractivity contribution in [1.82, 2.24) is 0 Å². The number of phenols is 1. The zero-order chi connectivity index (χ0) is 14.9. The van der Waals surface area contributed by atoms with Gasteiger partial charge in [-0.15, -0.1) is 0 Å². The van der Waals surface area contributed by atoms with Crippen LogP contribution in [0.5, 0.6) is 17.2 Å². The van der Waals surface area contributed by atoms with E-state index in [4.69, 9.17) is 4.74 Å². The number of rotatable bonds is 3. The average Bonchev–Trinajstić information content (AvgIpc) is 2.35. The molecule has 0 aliphatic carbocycles. The van der Waals surface area contributed by atoms with Gasteiger partial charge in [-0.3, -0.25) is 0 Å². The molecule has 0 aliphatic heterocycles. The Kier molecular flexibility index (Phi) is 4.39. The van der Waals surface area contributed by atoms with Crippen molar-refractivity contribution in [2.75, 3.05) is 0 Å². The van der Waals surface area contributed by atoms with Gasteiger partial charge in [-0.1, -0.05) is 19.9 Å². The minimum Gasteiger partial charge on any atom is -0.508 e. The Bertz CT molecular complexity index is 610. The Labute approximate surface area is 128 Å². The number of halogens is 1. The van der Waals surface area contributed by atoms with Gasteiger partial charge in [-0.25, -0.2) is 0 Å². The lowest BCUT2D eigenvalue weighted by atomic mass is 10.0. The van der Waals surface area contributed by atoms with Crippen LogP contribution >= 0.6 is 15.9 Å². The molecule has 0 heterocycles. The standard InChI is InChI=1S/C17H19BrO2/c1-10(2)14-9-13(5-6-16(14)19)20-17-12(4)7-11(3)8-15(17)18/h5-10,19H,1-4H3. The average molecular weight is 335 g/mol. The molecule has 0 atom stereocenters. The van der Waals surface area contributed by atoms with Crippen molar-refractivity contribution in [3.8, 4) is 17.2 Å². The Morgan fingerprint density at radius 3 is 2.40 bits per heavy atom. The van der Waals surface area contributed by atoms with E-state index >= 15 is 0 Å². The van der Waals surface area contributed by atoms with Crippen LogP contribution in [-0.2, 0) is 0 Å². The first-order chi connectivity index (χ1) is 9.38. The predicted octanol–water partition coefficient (Wildman–Crippen LogP) is 5.69. The van der Waals surface area contributed by atoms with E-state index in [0.29, 0.717) is 5.75 Å². The highest BCUT2D eigenvalue weighted by Crippen LogP contribution is 2.36. The van der Waals surface area contributed by atoms with Crippen molar-refractivity contribution in [3.05, 3.63) is 51.5 Å². The second kappa shape index (κ2) is 5.88. The maximum atomic E-state index is 9.85. The molecule has 2 rings (SSSR count). The second-order valence-corrected chi connectivity index (χ2v) is 6.22. The predicted molar refractivity (Wildman–Crippen MR) is 85.9 cm³/mol. The second-order valence-electron chi connectivity index (χ2n) is 5.37. The van der Waals surface area contributed by atoms with Crippen molar-refractivity contribution in [3.63, 3.8) is 0 Å². The summed E-state index contributed by atoms with van der Waals surface area (Å²) in [6, 6.07) is 9.48. The van der Waals surface area contributed by atoms with Crippen molar-refractivity contribution in [2.24, 2.45) is 0 Å². The molecular weight excluding hydrogens is 316 g/mol. The quantitative estimate of drug-likeness (QED) is 0.781. The SMILES string of the molecule is Cc1cc(C)c(Oc2ccc(O)c(C(C)C)c2)c(Br)c1. The third kappa shape index (κ3) is 3.15. The van der Waals surface area contributed by atoms with Crippen LogP contribution in [0, 0.1) is 13.8 Å². The molecule has 0 unspecified atom stereocenters. The zero-order valence-corrected chi connectivity index (χ0v) is 13.8. The lowest BCUT2D eigenvalue weighted by Crippen LogP contribution is -1.93. The first-order valence-corrected chi connectivity index (χ1v) is 7.45.